The van der Waals surface area contributed by atoms with Crippen LogP contribution in [0.2, 0.25) is 5.02 Å². The lowest BCUT2D eigenvalue weighted by molar-refractivity contribution is -0.572. The van der Waals surface area contributed by atoms with Gasteiger partial charge in [0, 0.05) is 16.1 Å². The molecule has 1 heterocycles. The van der Waals surface area contributed by atoms with Crippen LogP contribution in [0.3, 0.4) is 0 Å². The Balaban J connectivity index is 1.75. The van der Waals surface area contributed by atoms with Gasteiger partial charge in [0.25, 0.3) is 0 Å². The number of hydrogen-bond donors (Lipinski definition) is 1. The Kier molecular flexibility index (Phi) is 3.65. The quantitative estimate of drug-likeness (QED) is 0.826. The van der Waals surface area contributed by atoms with Gasteiger partial charge in [0.15, 0.2) is 11.6 Å². The van der Waals surface area contributed by atoms with Crippen molar-refractivity contribution in [3.8, 4) is 0 Å². The summed E-state index contributed by atoms with van der Waals surface area (Å²) in [5.41, 5.74) is 2.49. The van der Waals surface area contributed by atoms with Gasteiger partial charge in [-0.3, -0.25) is 9.89 Å². The molecule has 0 saturated heterocycles. The van der Waals surface area contributed by atoms with Crippen LogP contribution >= 0.6 is 11.6 Å². The van der Waals surface area contributed by atoms with Gasteiger partial charge in [-0.2, -0.15) is 0 Å². The molecule has 1 saturated carbocycles. The van der Waals surface area contributed by atoms with Crippen LogP contribution in [-0.4, -0.2) is 17.5 Å². The second-order valence-electron chi connectivity index (χ2n) is 6.94. The second kappa shape index (κ2) is 5.68. The van der Waals surface area contributed by atoms with Crippen molar-refractivity contribution in [1.29, 1.82) is 0 Å². The summed E-state index contributed by atoms with van der Waals surface area (Å²) < 4.78 is 2.48. The number of nitrogens with one attached hydrogen (secondary N) is 1. The fraction of sp³-hybridized carbons (Fsp3) is 0.350. The van der Waals surface area contributed by atoms with Crippen LogP contribution in [0.4, 0.5) is 0 Å². The second-order valence-corrected chi connectivity index (χ2v) is 7.37. The molecule has 23 heavy (non-hydrogen) atoms. The molecule has 118 valence electrons. The van der Waals surface area contributed by atoms with Gasteiger partial charge >= 0.3 is 0 Å². The summed E-state index contributed by atoms with van der Waals surface area (Å²) >= 11 is 6.10. The van der Waals surface area contributed by atoms with Crippen molar-refractivity contribution in [2.75, 3.05) is 6.54 Å². The maximum atomic E-state index is 6.10. The molecule has 2 atom stereocenters. The van der Waals surface area contributed by atoms with E-state index in [0.29, 0.717) is 0 Å². The highest BCUT2D eigenvalue weighted by molar-refractivity contribution is 6.30. The van der Waals surface area contributed by atoms with E-state index in [0.717, 1.165) is 17.5 Å². The molecule has 0 aromatic heterocycles. The summed E-state index contributed by atoms with van der Waals surface area (Å²) in [4.78, 5) is 0. The van der Waals surface area contributed by atoms with E-state index in [1.165, 1.54) is 24.0 Å². The third-order valence-corrected chi connectivity index (χ3v) is 5.39. The summed E-state index contributed by atoms with van der Waals surface area (Å²) in [6.07, 6.45) is 4.91. The Bertz CT molecular complexity index is 719. The molecule has 0 unspecified atom stereocenters. The Morgan fingerprint density at radius 3 is 2.43 bits per heavy atom. The molecule has 4 rings (SSSR count). The van der Waals surface area contributed by atoms with Gasteiger partial charge in [-0.25, -0.2) is 0 Å². The van der Waals surface area contributed by atoms with Gasteiger partial charge in [0.05, 0.1) is 6.54 Å². The first-order valence-electron chi connectivity index (χ1n) is 8.34. The zero-order chi connectivity index (χ0) is 15.9. The van der Waals surface area contributed by atoms with Crippen LogP contribution in [-0.2, 0) is 5.54 Å². The maximum absolute atomic E-state index is 6.10. The molecule has 3 heteroatoms. The molecule has 1 fully saturated rings. The van der Waals surface area contributed by atoms with E-state index in [4.69, 9.17) is 11.6 Å². The van der Waals surface area contributed by atoms with Crippen molar-refractivity contribution in [3.05, 3.63) is 70.7 Å². The predicted molar refractivity (Wildman–Crippen MR) is 95.0 cm³/mol. The van der Waals surface area contributed by atoms with Crippen molar-refractivity contribution in [1.82, 2.24) is 5.32 Å². The Morgan fingerprint density at radius 2 is 1.78 bits per heavy atom. The number of hydrogen-bond acceptors (Lipinski definition) is 1. The molecule has 1 N–H and O–H groups in total. The number of nitrogens with zero attached hydrogens (tertiary/aromatic N) is 1. The third-order valence-electron chi connectivity index (χ3n) is 5.13. The monoisotopic (exact) mass is 325 g/mol. The molecule has 0 bridgehead atoms. The highest BCUT2D eigenvalue weighted by Crippen LogP contribution is 2.42. The SMILES string of the molecule is C[C@@]1(c2ccccc2)NC=[N+](CC2CC2)[C@H]1c1ccc(Cl)cc1. The summed E-state index contributed by atoms with van der Waals surface area (Å²) in [6.45, 7) is 3.42. The highest BCUT2D eigenvalue weighted by atomic mass is 35.5. The first-order valence-corrected chi connectivity index (χ1v) is 8.72. The van der Waals surface area contributed by atoms with Gasteiger partial charge < -0.3 is 0 Å². The van der Waals surface area contributed by atoms with Crippen LogP contribution in [0, 0.1) is 5.92 Å². The molecule has 1 aliphatic heterocycles. The van der Waals surface area contributed by atoms with Crippen molar-refractivity contribution in [2.45, 2.75) is 31.3 Å². The van der Waals surface area contributed by atoms with E-state index in [9.17, 15) is 0 Å². The van der Waals surface area contributed by atoms with Crippen LogP contribution in [0.1, 0.15) is 36.9 Å². The van der Waals surface area contributed by atoms with Crippen LogP contribution in [0.25, 0.3) is 0 Å². The van der Waals surface area contributed by atoms with Crippen molar-refractivity contribution in [2.24, 2.45) is 5.92 Å². The van der Waals surface area contributed by atoms with Crippen molar-refractivity contribution in [3.63, 3.8) is 0 Å². The number of rotatable bonds is 4. The summed E-state index contributed by atoms with van der Waals surface area (Å²) in [5.74, 6) is 0.848. The zero-order valence-corrected chi connectivity index (χ0v) is 14.1. The average Bonchev–Trinajstić information content (AvgIpc) is 3.33. The summed E-state index contributed by atoms with van der Waals surface area (Å²) in [5, 5.41) is 4.45. The summed E-state index contributed by atoms with van der Waals surface area (Å²) in [7, 11) is 0. The maximum Gasteiger partial charge on any atom is 0.233 e. The van der Waals surface area contributed by atoms with Gasteiger partial charge in [-0.1, -0.05) is 54.1 Å². The minimum atomic E-state index is -0.135. The Morgan fingerprint density at radius 1 is 1.09 bits per heavy atom. The van der Waals surface area contributed by atoms with Gasteiger partial charge in [-0.15, -0.1) is 0 Å². The first-order chi connectivity index (χ1) is 11.2. The summed E-state index contributed by atoms with van der Waals surface area (Å²) in [6, 6.07) is 19.3. The highest BCUT2D eigenvalue weighted by Gasteiger charge is 2.49. The van der Waals surface area contributed by atoms with E-state index in [1.54, 1.807) is 0 Å². The fourth-order valence-electron chi connectivity index (χ4n) is 3.65. The van der Waals surface area contributed by atoms with Gasteiger partial charge in [-0.05, 0) is 37.8 Å². The minimum absolute atomic E-state index is 0.135. The van der Waals surface area contributed by atoms with Crippen molar-refractivity contribution >= 4 is 17.9 Å². The Labute approximate surface area is 142 Å². The van der Waals surface area contributed by atoms with E-state index in [2.05, 4.69) is 65.6 Å². The largest absolute Gasteiger partial charge is 0.267 e. The molecular weight excluding hydrogens is 304 g/mol. The molecule has 0 spiro atoms. The molecule has 0 radical (unpaired) electrons. The zero-order valence-electron chi connectivity index (χ0n) is 13.4. The predicted octanol–water partition coefficient (Wildman–Crippen LogP) is 4.35. The lowest BCUT2D eigenvalue weighted by Crippen LogP contribution is -2.40. The number of halogens is 1. The average molecular weight is 326 g/mol. The molecule has 0 amide bonds. The standard InChI is InChI=1S/C20H21ClN2/c1-20(17-5-3-2-4-6-17)19(16-9-11-18(21)12-10-16)23(14-22-20)13-15-7-8-15/h2-6,9-12,14-15,19H,7-8,13H2,1H3/p+1/t19-,20-/m0/s1. The van der Waals surface area contributed by atoms with Crippen molar-refractivity contribution < 1.29 is 4.58 Å². The fourth-order valence-corrected chi connectivity index (χ4v) is 3.78. The lowest BCUT2D eigenvalue weighted by Gasteiger charge is -2.29. The van der Waals surface area contributed by atoms with Crippen LogP contribution < -0.4 is 5.32 Å². The lowest BCUT2D eigenvalue weighted by atomic mass is 9.81. The van der Waals surface area contributed by atoms with E-state index < -0.39 is 0 Å². The Hall–Kier alpha value is -1.80. The minimum Gasteiger partial charge on any atom is -0.267 e. The topological polar surface area (TPSA) is 15.0 Å². The van der Waals surface area contributed by atoms with E-state index in [-0.39, 0.29) is 11.6 Å². The van der Waals surface area contributed by atoms with Gasteiger partial charge in [0.1, 0.15) is 0 Å². The number of benzene rings is 2. The van der Waals surface area contributed by atoms with E-state index in [1.807, 2.05) is 12.1 Å². The molecule has 1 aliphatic carbocycles. The van der Waals surface area contributed by atoms with Gasteiger partial charge in [0.2, 0.25) is 6.34 Å². The smallest absolute Gasteiger partial charge is 0.233 e. The van der Waals surface area contributed by atoms with Crippen LogP contribution in [0.15, 0.2) is 54.6 Å². The van der Waals surface area contributed by atoms with E-state index >= 15 is 0 Å². The molecule has 2 aromatic rings. The third kappa shape index (κ3) is 2.76. The molecule has 2 aromatic carbocycles. The first kappa shape index (κ1) is 14.8. The van der Waals surface area contributed by atoms with Crippen LogP contribution in [0.5, 0.6) is 0 Å². The molecule has 2 nitrogen and oxygen atoms in total. The molecule has 2 aliphatic rings. The molecular formula is C20H22ClN2+. The normalized spacial score (nSPS) is 26.7.